The van der Waals surface area contributed by atoms with E-state index in [4.69, 9.17) is 16.3 Å². The van der Waals surface area contributed by atoms with Gasteiger partial charge in [-0.15, -0.1) is 0 Å². The molecular formula is C29H31ClF2N2O2. The number of benzene rings is 2. The van der Waals surface area contributed by atoms with Crippen LogP contribution in [0.2, 0.25) is 5.02 Å². The molecular weight excluding hydrogens is 482 g/mol. The van der Waals surface area contributed by atoms with Crippen molar-refractivity contribution in [3.63, 3.8) is 0 Å². The maximum absolute atomic E-state index is 15.6. The average molecular weight is 513 g/mol. The van der Waals surface area contributed by atoms with Crippen LogP contribution in [-0.4, -0.2) is 48.3 Å². The number of halogens is 3. The molecule has 0 saturated carbocycles. The fourth-order valence-corrected chi connectivity index (χ4v) is 5.06. The second kappa shape index (κ2) is 11.6. The number of aliphatic hydroxyl groups excluding tert-OH is 1. The van der Waals surface area contributed by atoms with Crippen molar-refractivity contribution in [1.29, 1.82) is 0 Å². The van der Waals surface area contributed by atoms with Gasteiger partial charge in [0.1, 0.15) is 17.7 Å². The van der Waals surface area contributed by atoms with Crippen LogP contribution in [0.15, 0.2) is 42.6 Å². The molecule has 2 aromatic carbocycles. The summed E-state index contributed by atoms with van der Waals surface area (Å²) in [6, 6.07) is 10.4. The predicted octanol–water partition coefficient (Wildman–Crippen LogP) is 6.26. The number of fused-ring (bicyclic) bond motifs is 1. The topological polar surface area (TPSA) is 45.6 Å². The van der Waals surface area contributed by atoms with E-state index in [9.17, 15) is 9.50 Å². The predicted molar refractivity (Wildman–Crippen MR) is 140 cm³/mol. The Morgan fingerprint density at radius 2 is 2.00 bits per heavy atom. The van der Waals surface area contributed by atoms with Crippen LogP contribution in [0, 0.1) is 30.0 Å². The number of nitrogens with zero attached hydrogens (tertiary/aromatic N) is 2. The van der Waals surface area contributed by atoms with Gasteiger partial charge in [-0.3, -0.25) is 9.88 Å². The summed E-state index contributed by atoms with van der Waals surface area (Å²) >= 11 is 6.38. The highest BCUT2D eigenvalue weighted by atomic mass is 35.5. The molecule has 1 aliphatic heterocycles. The number of methoxy groups -OCH3 is 1. The van der Waals surface area contributed by atoms with Crippen molar-refractivity contribution in [2.75, 3.05) is 33.4 Å². The number of hydrogen-bond acceptors (Lipinski definition) is 4. The zero-order chi connectivity index (χ0) is 25.7. The van der Waals surface area contributed by atoms with Crippen LogP contribution in [0.1, 0.15) is 48.5 Å². The molecule has 4 rings (SSSR count). The largest absolute Gasteiger partial charge is 0.497 e. The molecule has 0 aliphatic carbocycles. The third-order valence-corrected chi connectivity index (χ3v) is 7.57. The van der Waals surface area contributed by atoms with Crippen LogP contribution in [0.3, 0.4) is 0 Å². The van der Waals surface area contributed by atoms with Gasteiger partial charge < -0.3 is 9.84 Å². The Morgan fingerprint density at radius 3 is 2.69 bits per heavy atom. The highest BCUT2D eigenvalue weighted by molar-refractivity contribution is 6.32. The Kier molecular flexibility index (Phi) is 8.46. The van der Waals surface area contributed by atoms with E-state index in [1.54, 1.807) is 38.3 Å². The van der Waals surface area contributed by atoms with Gasteiger partial charge in [-0.2, -0.15) is 0 Å². The van der Waals surface area contributed by atoms with Gasteiger partial charge >= 0.3 is 0 Å². The van der Waals surface area contributed by atoms with Crippen LogP contribution in [0.25, 0.3) is 10.9 Å². The molecule has 1 atom stereocenters. The summed E-state index contributed by atoms with van der Waals surface area (Å²) in [5.74, 6) is 6.52. The minimum absolute atomic E-state index is 0.0144. The van der Waals surface area contributed by atoms with E-state index in [2.05, 4.69) is 21.7 Å². The standard InChI is InChI=1S/C29H31ClF2N2O2/c1-20-5-6-21(16-26(20)32)4-3-13-34-14-11-29(19-35,12-15-34)10-9-25(31)28-23-17-22(36-2)7-8-27(23)33-18-24(28)30/h5-8,16-18,25,35H,9-15,19H2,1-2H3/t25-/m1/s1. The normalized spacial score (nSPS) is 16.4. The molecule has 7 heteroatoms. The number of likely N-dealkylation sites (tertiary alicyclic amines) is 1. The summed E-state index contributed by atoms with van der Waals surface area (Å²) in [6.45, 7) is 3.85. The van der Waals surface area contributed by atoms with Gasteiger partial charge in [-0.05, 0) is 87.0 Å². The Hall–Kier alpha value is -2.72. The molecule has 190 valence electrons. The minimum atomic E-state index is -1.28. The molecule has 1 saturated heterocycles. The minimum Gasteiger partial charge on any atom is -0.497 e. The molecule has 1 aromatic heterocycles. The van der Waals surface area contributed by atoms with Crippen LogP contribution < -0.4 is 4.74 Å². The van der Waals surface area contributed by atoms with E-state index in [-0.39, 0.29) is 24.3 Å². The number of pyridine rings is 1. The second-order valence-electron chi connectivity index (χ2n) is 9.61. The maximum Gasteiger partial charge on any atom is 0.127 e. The van der Waals surface area contributed by atoms with Crippen molar-refractivity contribution >= 4 is 22.5 Å². The summed E-state index contributed by atoms with van der Waals surface area (Å²) in [5.41, 5.74) is 2.02. The van der Waals surface area contributed by atoms with Crippen LogP contribution in [0.4, 0.5) is 8.78 Å². The van der Waals surface area contributed by atoms with Crippen molar-refractivity contribution < 1.29 is 18.6 Å². The zero-order valence-electron chi connectivity index (χ0n) is 20.7. The molecule has 1 fully saturated rings. The van der Waals surface area contributed by atoms with E-state index >= 15 is 4.39 Å². The van der Waals surface area contributed by atoms with E-state index in [0.717, 1.165) is 25.9 Å². The van der Waals surface area contributed by atoms with Crippen LogP contribution in [-0.2, 0) is 0 Å². The molecule has 1 aliphatic rings. The van der Waals surface area contributed by atoms with Gasteiger partial charge in [-0.25, -0.2) is 8.78 Å². The smallest absolute Gasteiger partial charge is 0.127 e. The Balaban J connectivity index is 1.37. The lowest BCUT2D eigenvalue weighted by molar-refractivity contribution is 0.0344. The molecule has 2 heterocycles. The summed E-state index contributed by atoms with van der Waals surface area (Å²) in [5, 5.41) is 11.2. The number of aromatic nitrogens is 1. The van der Waals surface area contributed by atoms with Crippen molar-refractivity contribution in [2.45, 2.75) is 38.8 Å². The van der Waals surface area contributed by atoms with Gasteiger partial charge in [0.15, 0.2) is 0 Å². The Labute approximate surface area is 216 Å². The molecule has 0 spiro atoms. The molecule has 4 nitrogen and oxygen atoms in total. The molecule has 3 aromatic rings. The monoisotopic (exact) mass is 512 g/mol. The van der Waals surface area contributed by atoms with Crippen molar-refractivity contribution in [3.8, 4) is 17.6 Å². The molecule has 36 heavy (non-hydrogen) atoms. The second-order valence-corrected chi connectivity index (χ2v) is 10.0. The molecule has 0 radical (unpaired) electrons. The van der Waals surface area contributed by atoms with Gasteiger partial charge in [0.05, 0.1) is 24.2 Å². The van der Waals surface area contributed by atoms with E-state index in [1.807, 2.05) is 6.07 Å². The van der Waals surface area contributed by atoms with Crippen molar-refractivity contribution in [3.05, 3.63) is 70.1 Å². The number of rotatable bonds is 7. The van der Waals surface area contributed by atoms with Crippen molar-refractivity contribution in [2.24, 2.45) is 5.41 Å². The van der Waals surface area contributed by atoms with Crippen molar-refractivity contribution in [1.82, 2.24) is 9.88 Å². The van der Waals surface area contributed by atoms with Gasteiger partial charge in [0.25, 0.3) is 0 Å². The number of aryl methyl sites for hydroxylation is 1. The fraction of sp³-hybridized carbons (Fsp3) is 0.414. The first-order valence-corrected chi connectivity index (χ1v) is 12.6. The summed E-state index contributed by atoms with van der Waals surface area (Å²) in [4.78, 5) is 6.53. The highest BCUT2D eigenvalue weighted by Crippen LogP contribution is 2.41. The number of ether oxygens (including phenoxy) is 1. The first kappa shape index (κ1) is 26.3. The number of aliphatic hydroxyl groups is 1. The zero-order valence-corrected chi connectivity index (χ0v) is 21.4. The number of alkyl halides is 1. The first-order valence-electron chi connectivity index (χ1n) is 12.2. The van der Waals surface area contributed by atoms with Gasteiger partial charge in [-0.1, -0.05) is 29.5 Å². The summed E-state index contributed by atoms with van der Waals surface area (Å²) < 4.78 is 34.6. The van der Waals surface area contributed by atoms with E-state index < -0.39 is 6.17 Å². The molecule has 0 bridgehead atoms. The third kappa shape index (κ3) is 5.98. The highest BCUT2D eigenvalue weighted by Gasteiger charge is 2.35. The lowest BCUT2D eigenvalue weighted by Crippen LogP contribution is -2.42. The van der Waals surface area contributed by atoms with Gasteiger partial charge in [0, 0.05) is 29.3 Å². The molecule has 0 amide bonds. The van der Waals surface area contributed by atoms with Gasteiger partial charge in [0.2, 0.25) is 0 Å². The maximum atomic E-state index is 15.6. The number of hydrogen-bond donors (Lipinski definition) is 1. The van der Waals surface area contributed by atoms with Crippen LogP contribution >= 0.6 is 11.6 Å². The number of piperidine rings is 1. The quantitative estimate of drug-likeness (QED) is 0.379. The summed E-state index contributed by atoms with van der Waals surface area (Å²) in [7, 11) is 1.57. The molecule has 0 unspecified atom stereocenters. The SMILES string of the molecule is COc1ccc2ncc(Cl)c([C@H](F)CCC3(CO)CCN(CC#Cc4ccc(C)c(F)c4)CC3)c2c1. The van der Waals surface area contributed by atoms with Crippen LogP contribution in [0.5, 0.6) is 5.75 Å². The first-order chi connectivity index (χ1) is 17.3. The molecule has 1 N–H and O–H groups in total. The summed E-state index contributed by atoms with van der Waals surface area (Å²) in [6.07, 6.45) is 2.54. The average Bonchev–Trinajstić information content (AvgIpc) is 2.89. The third-order valence-electron chi connectivity index (χ3n) is 7.27. The lowest BCUT2D eigenvalue weighted by atomic mass is 9.74. The Bertz CT molecular complexity index is 1280. The van der Waals surface area contributed by atoms with E-state index in [0.29, 0.717) is 51.3 Å². The van der Waals surface area contributed by atoms with E-state index in [1.165, 1.54) is 12.3 Å². The fourth-order valence-electron chi connectivity index (χ4n) is 4.79. The Morgan fingerprint density at radius 1 is 1.22 bits per heavy atom. The lowest BCUT2D eigenvalue weighted by Gasteiger charge is -2.40.